The largest absolute Gasteiger partial charge is 0.353 e. The van der Waals surface area contributed by atoms with Crippen molar-refractivity contribution in [2.75, 3.05) is 13.1 Å². The maximum atomic E-state index is 13.5. The molecule has 0 unspecified atom stereocenters. The van der Waals surface area contributed by atoms with Gasteiger partial charge in [-0.2, -0.15) is 0 Å². The second-order valence-electron chi connectivity index (χ2n) is 10.7. The van der Waals surface area contributed by atoms with E-state index >= 15 is 0 Å². The van der Waals surface area contributed by atoms with E-state index in [4.69, 9.17) is 4.98 Å². The van der Waals surface area contributed by atoms with Crippen molar-refractivity contribution >= 4 is 27.7 Å². The van der Waals surface area contributed by atoms with Crippen LogP contribution in [0, 0.1) is 0 Å². The molecule has 0 spiro atoms. The van der Waals surface area contributed by atoms with Crippen LogP contribution in [0.1, 0.15) is 54.2 Å². The summed E-state index contributed by atoms with van der Waals surface area (Å²) in [5.74, 6) is 0.361. The van der Waals surface area contributed by atoms with Crippen molar-refractivity contribution in [1.82, 2.24) is 20.2 Å². The molecule has 3 heterocycles. The summed E-state index contributed by atoms with van der Waals surface area (Å²) in [5.41, 5.74) is 6.93. The van der Waals surface area contributed by atoms with Crippen LogP contribution < -0.4 is 5.32 Å². The summed E-state index contributed by atoms with van der Waals surface area (Å²) >= 11 is 0. The third kappa shape index (κ3) is 4.94. The Morgan fingerprint density at radius 2 is 1.66 bits per heavy atom. The Balaban J connectivity index is 1.26. The zero-order chi connectivity index (χ0) is 26.1. The second-order valence-corrected chi connectivity index (χ2v) is 10.7. The van der Waals surface area contributed by atoms with Gasteiger partial charge >= 0.3 is 0 Å². The Labute approximate surface area is 223 Å². The van der Waals surface area contributed by atoms with Gasteiger partial charge in [0.15, 0.2) is 0 Å². The lowest BCUT2D eigenvalue weighted by molar-refractivity contribution is 0.0904. The number of pyridine rings is 1. The summed E-state index contributed by atoms with van der Waals surface area (Å²) in [6, 6.07) is 29.5. The van der Waals surface area contributed by atoms with E-state index in [1.165, 1.54) is 11.1 Å². The number of para-hydroxylation sites is 1. The first kappa shape index (κ1) is 24.4. The van der Waals surface area contributed by atoms with Gasteiger partial charge in [-0.15, -0.1) is 0 Å². The fourth-order valence-electron chi connectivity index (χ4n) is 5.53. The maximum Gasteiger partial charge on any atom is 0.270 e. The topological polar surface area (TPSA) is 61.0 Å². The van der Waals surface area contributed by atoms with Crippen molar-refractivity contribution in [1.29, 1.82) is 0 Å². The summed E-state index contributed by atoms with van der Waals surface area (Å²) in [6.45, 7) is 7.30. The van der Waals surface area contributed by atoms with E-state index in [1.54, 1.807) is 0 Å². The van der Waals surface area contributed by atoms with Gasteiger partial charge in [-0.05, 0) is 42.0 Å². The van der Waals surface area contributed by atoms with Crippen LogP contribution in [-0.2, 0) is 6.54 Å². The molecule has 1 aliphatic heterocycles. The average molecular weight is 503 g/mol. The molecule has 1 fully saturated rings. The van der Waals surface area contributed by atoms with Crippen LogP contribution in [0.4, 0.5) is 0 Å². The van der Waals surface area contributed by atoms with Crippen molar-refractivity contribution in [2.24, 2.45) is 0 Å². The van der Waals surface area contributed by atoms with E-state index in [0.717, 1.165) is 65.5 Å². The van der Waals surface area contributed by atoms with Gasteiger partial charge < -0.3 is 10.3 Å². The molecule has 1 aliphatic rings. The van der Waals surface area contributed by atoms with E-state index in [1.807, 2.05) is 18.2 Å². The first-order valence-corrected chi connectivity index (χ1v) is 13.6. The van der Waals surface area contributed by atoms with E-state index in [9.17, 15) is 4.79 Å². The standard InChI is InChI=1S/C33H34N4O/c1-22(2)24-12-14-25(15-13-24)31-32-28(27-10-6-7-11-29(27)35-32)20-30(36-31)33(38)34-26-16-18-37(19-17-26)21-23-8-4-3-5-9-23/h3-15,20,22,26,35H,16-19,21H2,1-2H3,(H,34,38). The number of piperidine rings is 1. The molecule has 2 aromatic heterocycles. The van der Waals surface area contributed by atoms with Gasteiger partial charge in [0.2, 0.25) is 0 Å². The van der Waals surface area contributed by atoms with Gasteiger partial charge in [0.25, 0.3) is 5.91 Å². The number of hydrogen-bond donors (Lipinski definition) is 2. The molecule has 5 nitrogen and oxygen atoms in total. The summed E-state index contributed by atoms with van der Waals surface area (Å²) in [7, 11) is 0. The molecule has 6 rings (SSSR count). The Bertz CT molecular complexity index is 1560. The molecule has 0 bridgehead atoms. The number of nitrogens with zero attached hydrogens (tertiary/aromatic N) is 2. The number of carbonyl (C=O) groups excluding carboxylic acids is 1. The summed E-state index contributed by atoms with van der Waals surface area (Å²) in [4.78, 5) is 24.5. The molecular formula is C33H34N4O. The first-order valence-electron chi connectivity index (χ1n) is 13.6. The third-order valence-corrected chi connectivity index (χ3v) is 7.75. The van der Waals surface area contributed by atoms with Crippen LogP contribution in [0.5, 0.6) is 0 Å². The lowest BCUT2D eigenvalue weighted by Crippen LogP contribution is -2.44. The molecule has 38 heavy (non-hydrogen) atoms. The highest BCUT2D eigenvalue weighted by molar-refractivity contribution is 6.13. The minimum absolute atomic E-state index is 0.0984. The third-order valence-electron chi connectivity index (χ3n) is 7.75. The minimum atomic E-state index is -0.0984. The summed E-state index contributed by atoms with van der Waals surface area (Å²) in [5, 5.41) is 5.42. The molecule has 1 saturated heterocycles. The molecule has 192 valence electrons. The molecule has 2 N–H and O–H groups in total. The highest BCUT2D eigenvalue weighted by Gasteiger charge is 2.23. The maximum absolute atomic E-state index is 13.5. The SMILES string of the molecule is CC(C)c1ccc(-c2nc(C(=O)NC3CCN(Cc4ccccc4)CC3)cc3c2[nH]c2ccccc23)cc1. The van der Waals surface area contributed by atoms with Crippen LogP contribution in [0.15, 0.2) is 84.9 Å². The summed E-state index contributed by atoms with van der Waals surface area (Å²) < 4.78 is 0. The van der Waals surface area contributed by atoms with Crippen molar-refractivity contribution < 1.29 is 4.79 Å². The molecule has 0 saturated carbocycles. The van der Waals surface area contributed by atoms with E-state index < -0.39 is 0 Å². The smallest absolute Gasteiger partial charge is 0.270 e. The van der Waals surface area contributed by atoms with Crippen molar-refractivity contribution in [3.63, 3.8) is 0 Å². The molecule has 0 radical (unpaired) electrons. The Morgan fingerprint density at radius 1 is 0.947 bits per heavy atom. The number of likely N-dealkylation sites (tertiary alicyclic amines) is 1. The number of hydrogen-bond acceptors (Lipinski definition) is 3. The van der Waals surface area contributed by atoms with Crippen molar-refractivity contribution in [3.05, 3.63) is 102 Å². The number of aromatic amines is 1. The van der Waals surface area contributed by atoms with Gasteiger partial charge in [0.1, 0.15) is 5.69 Å². The van der Waals surface area contributed by atoms with Crippen molar-refractivity contribution in [2.45, 2.75) is 45.2 Å². The molecule has 1 amide bonds. The number of amides is 1. The van der Waals surface area contributed by atoms with E-state index in [-0.39, 0.29) is 11.9 Å². The van der Waals surface area contributed by atoms with Gasteiger partial charge in [-0.25, -0.2) is 4.98 Å². The quantitative estimate of drug-likeness (QED) is 0.265. The van der Waals surface area contributed by atoms with E-state index in [2.05, 4.69) is 95.8 Å². The molecule has 0 aliphatic carbocycles. The monoisotopic (exact) mass is 502 g/mol. The van der Waals surface area contributed by atoms with Gasteiger partial charge in [0.05, 0.1) is 11.2 Å². The van der Waals surface area contributed by atoms with E-state index in [0.29, 0.717) is 11.6 Å². The fourth-order valence-corrected chi connectivity index (χ4v) is 5.53. The fraction of sp³-hybridized carbons (Fsp3) is 0.273. The first-order chi connectivity index (χ1) is 18.5. The Morgan fingerprint density at radius 3 is 2.39 bits per heavy atom. The zero-order valence-electron chi connectivity index (χ0n) is 22.1. The van der Waals surface area contributed by atoms with Crippen LogP contribution in [0.3, 0.4) is 0 Å². The molecular weight excluding hydrogens is 468 g/mol. The predicted molar refractivity (Wildman–Crippen MR) is 155 cm³/mol. The van der Waals surface area contributed by atoms with Crippen molar-refractivity contribution in [3.8, 4) is 11.3 Å². The predicted octanol–water partition coefficient (Wildman–Crippen LogP) is 6.90. The molecule has 0 atom stereocenters. The zero-order valence-corrected chi connectivity index (χ0v) is 22.1. The number of fused-ring (bicyclic) bond motifs is 3. The highest BCUT2D eigenvalue weighted by Crippen LogP contribution is 2.33. The van der Waals surface area contributed by atoms with Crippen LogP contribution >= 0.6 is 0 Å². The number of H-pyrrole nitrogens is 1. The number of carbonyl (C=O) groups is 1. The minimum Gasteiger partial charge on any atom is -0.353 e. The lowest BCUT2D eigenvalue weighted by atomic mass is 9.99. The number of aromatic nitrogens is 2. The normalized spacial score (nSPS) is 14.9. The number of rotatable bonds is 6. The second kappa shape index (κ2) is 10.4. The molecule has 5 heteroatoms. The van der Waals surface area contributed by atoms with Gasteiger partial charge in [0, 0.05) is 47.5 Å². The average Bonchev–Trinajstić information content (AvgIpc) is 3.33. The van der Waals surface area contributed by atoms with Crippen LogP contribution in [0.25, 0.3) is 33.1 Å². The molecule has 3 aromatic carbocycles. The van der Waals surface area contributed by atoms with Gasteiger partial charge in [-0.3, -0.25) is 9.69 Å². The molecule has 5 aromatic rings. The van der Waals surface area contributed by atoms with Crippen LogP contribution in [0.2, 0.25) is 0 Å². The van der Waals surface area contributed by atoms with Gasteiger partial charge in [-0.1, -0.05) is 86.6 Å². The lowest BCUT2D eigenvalue weighted by Gasteiger charge is -2.32. The Kier molecular flexibility index (Phi) is 6.69. The summed E-state index contributed by atoms with van der Waals surface area (Å²) in [6.07, 6.45) is 1.88. The highest BCUT2D eigenvalue weighted by atomic mass is 16.1. The number of nitrogens with one attached hydrogen (secondary N) is 2. The Hall–Kier alpha value is -3.96. The number of benzene rings is 3. The van der Waals surface area contributed by atoms with Crippen LogP contribution in [-0.4, -0.2) is 39.9 Å².